The summed E-state index contributed by atoms with van der Waals surface area (Å²) in [6, 6.07) is 9.97. The summed E-state index contributed by atoms with van der Waals surface area (Å²) in [5.41, 5.74) is 1.05. The minimum Gasteiger partial charge on any atom is -0.391 e. The number of hydrogen-bond donors (Lipinski definition) is 2. The van der Waals surface area contributed by atoms with Crippen molar-refractivity contribution in [3.8, 4) is 0 Å². The highest BCUT2D eigenvalue weighted by atomic mass is 16.3. The Kier molecular flexibility index (Phi) is 3.11. The third-order valence-corrected chi connectivity index (χ3v) is 1.89. The Labute approximate surface area is 73.2 Å². The summed E-state index contributed by atoms with van der Waals surface area (Å²) in [6.07, 6.45) is -0.329. The number of nitrogens with one attached hydrogen (secondary N) is 1. The predicted octanol–water partition coefficient (Wildman–Crippen LogP) is 1.87. The largest absolute Gasteiger partial charge is 0.391 e. The molecular weight excluding hydrogens is 150 g/mol. The Morgan fingerprint density at radius 1 is 1.17 bits per heavy atom. The van der Waals surface area contributed by atoms with Crippen LogP contribution < -0.4 is 5.32 Å². The van der Waals surface area contributed by atoms with Crippen LogP contribution in [-0.2, 0) is 0 Å². The van der Waals surface area contributed by atoms with Crippen LogP contribution in [0.2, 0.25) is 0 Å². The molecule has 0 spiro atoms. The Balaban J connectivity index is 2.53. The van der Waals surface area contributed by atoms with Crippen molar-refractivity contribution in [1.29, 1.82) is 0 Å². The summed E-state index contributed by atoms with van der Waals surface area (Å²) < 4.78 is 0. The van der Waals surface area contributed by atoms with E-state index in [1.54, 1.807) is 6.92 Å². The van der Waals surface area contributed by atoms with Gasteiger partial charge in [0, 0.05) is 11.7 Å². The lowest BCUT2D eigenvalue weighted by atomic mass is 10.2. The van der Waals surface area contributed by atoms with Crippen LogP contribution in [0.1, 0.15) is 13.8 Å². The zero-order valence-electron chi connectivity index (χ0n) is 7.49. The molecule has 0 aliphatic rings. The fourth-order valence-electron chi connectivity index (χ4n) is 0.918. The lowest BCUT2D eigenvalue weighted by Crippen LogP contribution is -2.27. The molecule has 1 aromatic carbocycles. The van der Waals surface area contributed by atoms with Gasteiger partial charge in [0.15, 0.2) is 0 Å². The number of benzene rings is 1. The molecule has 0 bridgehead atoms. The van der Waals surface area contributed by atoms with E-state index in [-0.39, 0.29) is 12.1 Å². The molecule has 0 aliphatic heterocycles. The highest BCUT2D eigenvalue weighted by Gasteiger charge is 2.06. The first kappa shape index (κ1) is 9.07. The van der Waals surface area contributed by atoms with Crippen LogP contribution in [0.3, 0.4) is 0 Å². The molecule has 0 aromatic heterocycles. The average Bonchev–Trinajstić information content (AvgIpc) is 2.06. The summed E-state index contributed by atoms with van der Waals surface area (Å²) in [4.78, 5) is 0. The van der Waals surface area contributed by atoms with Crippen LogP contribution in [0.5, 0.6) is 0 Å². The van der Waals surface area contributed by atoms with E-state index in [2.05, 4.69) is 5.32 Å². The lowest BCUT2D eigenvalue weighted by Gasteiger charge is -2.17. The van der Waals surface area contributed by atoms with E-state index in [4.69, 9.17) is 0 Å². The average molecular weight is 165 g/mol. The number of para-hydroxylation sites is 1. The Bertz CT molecular complexity index is 221. The Morgan fingerprint density at radius 3 is 2.25 bits per heavy atom. The van der Waals surface area contributed by atoms with Gasteiger partial charge in [-0.25, -0.2) is 0 Å². The van der Waals surface area contributed by atoms with Crippen molar-refractivity contribution in [2.45, 2.75) is 26.0 Å². The number of hydrogen-bond acceptors (Lipinski definition) is 2. The standard InChI is InChI=1S/C10H15NO/c1-8(9(2)12)11-10-6-4-3-5-7-10/h3-9,11-12H,1-2H3/t8-,9-/m1/s1. The molecule has 0 saturated heterocycles. The normalized spacial score (nSPS) is 15.2. The minimum atomic E-state index is -0.329. The second-order valence-electron chi connectivity index (χ2n) is 3.04. The van der Waals surface area contributed by atoms with Crippen LogP contribution in [0.15, 0.2) is 30.3 Å². The maximum atomic E-state index is 9.22. The number of aliphatic hydroxyl groups is 1. The first-order valence-electron chi connectivity index (χ1n) is 4.20. The molecule has 0 amide bonds. The van der Waals surface area contributed by atoms with Gasteiger partial charge in [0.1, 0.15) is 0 Å². The monoisotopic (exact) mass is 165 g/mol. The molecule has 1 aromatic rings. The summed E-state index contributed by atoms with van der Waals surface area (Å²) in [5, 5.41) is 12.4. The summed E-state index contributed by atoms with van der Waals surface area (Å²) >= 11 is 0. The summed E-state index contributed by atoms with van der Waals surface area (Å²) in [6.45, 7) is 3.73. The van der Waals surface area contributed by atoms with Gasteiger partial charge in [0.05, 0.1) is 6.10 Å². The van der Waals surface area contributed by atoms with Gasteiger partial charge in [-0.05, 0) is 26.0 Å². The second-order valence-corrected chi connectivity index (χ2v) is 3.04. The third kappa shape index (κ3) is 2.55. The van der Waals surface area contributed by atoms with E-state index in [1.807, 2.05) is 37.3 Å². The molecule has 0 aliphatic carbocycles. The Morgan fingerprint density at radius 2 is 1.75 bits per heavy atom. The van der Waals surface area contributed by atoms with Crippen molar-refractivity contribution in [3.05, 3.63) is 30.3 Å². The van der Waals surface area contributed by atoms with E-state index < -0.39 is 0 Å². The SMILES string of the molecule is C[C@@H](O)[C@@H](C)Nc1ccccc1. The molecular formula is C10H15NO. The molecule has 0 saturated carbocycles. The third-order valence-electron chi connectivity index (χ3n) is 1.89. The van der Waals surface area contributed by atoms with E-state index in [0.717, 1.165) is 5.69 Å². The fraction of sp³-hybridized carbons (Fsp3) is 0.400. The first-order valence-corrected chi connectivity index (χ1v) is 4.20. The van der Waals surface area contributed by atoms with Crippen molar-refractivity contribution < 1.29 is 5.11 Å². The van der Waals surface area contributed by atoms with Gasteiger partial charge < -0.3 is 10.4 Å². The van der Waals surface area contributed by atoms with Gasteiger partial charge in [-0.3, -0.25) is 0 Å². The molecule has 12 heavy (non-hydrogen) atoms. The molecule has 0 heterocycles. The van der Waals surface area contributed by atoms with Crippen LogP contribution in [0.4, 0.5) is 5.69 Å². The van der Waals surface area contributed by atoms with Crippen molar-refractivity contribution in [3.63, 3.8) is 0 Å². The quantitative estimate of drug-likeness (QED) is 0.716. The van der Waals surface area contributed by atoms with E-state index in [9.17, 15) is 5.11 Å². The van der Waals surface area contributed by atoms with E-state index >= 15 is 0 Å². The molecule has 0 unspecified atom stereocenters. The molecule has 0 fully saturated rings. The maximum Gasteiger partial charge on any atom is 0.0710 e. The van der Waals surface area contributed by atoms with Gasteiger partial charge in [0.25, 0.3) is 0 Å². The van der Waals surface area contributed by atoms with Crippen molar-refractivity contribution in [2.24, 2.45) is 0 Å². The molecule has 2 atom stereocenters. The van der Waals surface area contributed by atoms with Crippen molar-refractivity contribution in [2.75, 3.05) is 5.32 Å². The van der Waals surface area contributed by atoms with Crippen molar-refractivity contribution in [1.82, 2.24) is 0 Å². The van der Waals surface area contributed by atoms with E-state index in [1.165, 1.54) is 0 Å². The fourth-order valence-corrected chi connectivity index (χ4v) is 0.918. The molecule has 2 heteroatoms. The van der Waals surface area contributed by atoms with Crippen LogP contribution >= 0.6 is 0 Å². The topological polar surface area (TPSA) is 32.3 Å². The molecule has 1 rings (SSSR count). The summed E-state index contributed by atoms with van der Waals surface area (Å²) in [7, 11) is 0. The maximum absolute atomic E-state index is 9.22. The van der Waals surface area contributed by atoms with Gasteiger partial charge in [-0.2, -0.15) is 0 Å². The molecule has 2 N–H and O–H groups in total. The zero-order chi connectivity index (χ0) is 8.97. The highest BCUT2D eigenvalue weighted by molar-refractivity contribution is 5.43. The smallest absolute Gasteiger partial charge is 0.0710 e. The van der Waals surface area contributed by atoms with Crippen LogP contribution in [-0.4, -0.2) is 17.3 Å². The van der Waals surface area contributed by atoms with Crippen molar-refractivity contribution >= 4 is 5.69 Å². The van der Waals surface area contributed by atoms with Gasteiger partial charge in [-0.1, -0.05) is 18.2 Å². The van der Waals surface area contributed by atoms with Gasteiger partial charge in [-0.15, -0.1) is 0 Å². The molecule has 2 nitrogen and oxygen atoms in total. The Hall–Kier alpha value is -1.02. The number of aliphatic hydroxyl groups excluding tert-OH is 1. The molecule has 0 radical (unpaired) electrons. The van der Waals surface area contributed by atoms with Gasteiger partial charge in [0.2, 0.25) is 0 Å². The first-order chi connectivity index (χ1) is 5.70. The summed E-state index contributed by atoms with van der Waals surface area (Å²) in [5.74, 6) is 0. The van der Waals surface area contributed by atoms with Crippen LogP contribution in [0.25, 0.3) is 0 Å². The van der Waals surface area contributed by atoms with E-state index in [0.29, 0.717) is 0 Å². The predicted molar refractivity (Wildman–Crippen MR) is 51.2 cm³/mol. The van der Waals surface area contributed by atoms with Gasteiger partial charge >= 0.3 is 0 Å². The van der Waals surface area contributed by atoms with Crippen LogP contribution in [0, 0.1) is 0 Å². The number of rotatable bonds is 3. The lowest BCUT2D eigenvalue weighted by molar-refractivity contribution is 0.178. The second kappa shape index (κ2) is 4.12. The minimum absolute atomic E-state index is 0.0902. The zero-order valence-corrected chi connectivity index (χ0v) is 7.49. The highest BCUT2D eigenvalue weighted by Crippen LogP contribution is 2.08. The molecule has 66 valence electrons. The number of anilines is 1.